The molecule has 1 N–H and O–H groups in total. The van der Waals surface area contributed by atoms with Crippen molar-refractivity contribution >= 4 is 51.9 Å². The number of nitrogens with zero attached hydrogens (tertiary/aromatic N) is 4. The van der Waals surface area contributed by atoms with Crippen LogP contribution in [0, 0.1) is 20.4 Å². The third kappa shape index (κ3) is 7.83. The molecule has 0 aliphatic rings. The fourth-order valence-corrected chi connectivity index (χ4v) is 5.63. The number of carboxylic acid groups (broad SMARTS) is 1. The number of hydrogen-bond donors (Lipinski definition) is 1. The van der Waals surface area contributed by atoms with Crippen LogP contribution in [0.2, 0.25) is 0 Å². The molecule has 0 aliphatic carbocycles. The first-order chi connectivity index (χ1) is 23.3. The van der Waals surface area contributed by atoms with E-state index < -0.39 is 5.97 Å². The van der Waals surface area contributed by atoms with Gasteiger partial charge in [-0.15, -0.1) is 0 Å². The number of rotatable bonds is 12. The van der Waals surface area contributed by atoms with Crippen LogP contribution < -0.4 is 14.7 Å². The highest BCUT2D eigenvalue weighted by Crippen LogP contribution is 2.38. The van der Waals surface area contributed by atoms with Crippen molar-refractivity contribution < 1.29 is 9.90 Å². The Morgan fingerprint density at radius 3 is 1.27 bits per heavy atom. The van der Waals surface area contributed by atoms with Gasteiger partial charge in [0.1, 0.15) is 0 Å². The van der Waals surface area contributed by atoms with Gasteiger partial charge in [-0.2, -0.15) is 0 Å². The zero-order valence-corrected chi connectivity index (χ0v) is 27.8. The van der Waals surface area contributed by atoms with E-state index in [4.69, 9.17) is 11.7 Å². The summed E-state index contributed by atoms with van der Waals surface area (Å²) in [6.45, 7) is 17.3. The van der Waals surface area contributed by atoms with E-state index >= 15 is 0 Å². The molecule has 6 heteroatoms. The molecule has 0 aliphatic heterocycles. The molecule has 0 spiro atoms. The molecule has 48 heavy (non-hydrogen) atoms. The molecule has 240 valence electrons. The van der Waals surface area contributed by atoms with E-state index in [0.717, 1.165) is 58.5 Å². The van der Waals surface area contributed by atoms with Crippen LogP contribution in [-0.2, 0) is 4.79 Å². The lowest BCUT2D eigenvalue weighted by atomic mass is 10.1. The van der Waals surface area contributed by atoms with Crippen LogP contribution in [0.15, 0.2) is 139 Å². The fourth-order valence-electron chi connectivity index (χ4n) is 5.63. The van der Waals surface area contributed by atoms with Crippen molar-refractivity contribution in [3.05, 3.63) is 167 Å². The smallest absolute Gasteiger partial charge is 0.333 e. The first-order valence-corrected chi connectivity index (χ1v) is 16.1. The van der Waals surface area contributed by atoms with Gasteiger partial charge in [-0.3, -0.25) is 4.79 Å². The largest absolute Gasteiger partial charge is 0.486 e. The summed E-state index contributed by atoms with van der Waals surface area (Å²) < 4.78 is 0. The van der Waals surface area contributed by atoms with Crippen LogP contribution >= 0.6 is 0 Å². The maximum atomic E-state index is 11.2. The van der Waals surface area contributed by atoms with E-state index in [2.05, 4.69) is 144 Å². The zero-order chi connectivity index (χ0) is 34.0. The van der Waals surface area contributed by atoms with E-state index in [1.807, 2.05) is 24.3 Å². The molecular formula is C42H40N4O2. The van der Waals surface area contributed by atoms with Gasteiger partial charge in [0.2, 0.25) is 0 Å². The predicted molar refractivity (Wildman–Crippen MR) is 200 cm³/mol. The number of anilines is 7. The van der Waals surface area contributed by atoms with Crippen LogP contribution in [0.4, 0.5) is 39.8 Å². The minimum atomic E-state index is -1.24. The molecule has 0 amide bonds. The lowest BCUT2D eigenvalue weighted by Crippen LogP contribution is -2.17. The predicted octanol–water partition coefficient (Wildman–Crippen LogP) is 11.0. The van der Waals surface area contributed by atoms with Crippen LogP contribution in [0.1, 0.15) is 30.5 Å². The summed E-state index contributed by atoms with van der Waals surface area (Å²) in [5.41, 5.74) is 10.6. The molecule has 0 atom stereocenters. The zero-order valence-electron chi connectivity index (χ0n) is 27.8. The van der Waals surface area contributed by atoms with Crippen molar-refractivity contribution in [2.75, 3.05) is 27.8 Å². The standard InChI is InChI=1S/C42H40N4O2/c1-6-44(34-17-11-31(3)12-18-34)36-23-27-39(28-24-36)46(38-21-15-33(16-22-38)9-8-10-41(43-5)42(47)48)40-29-25-37(26-30-40)45(7-2)35-19-13-32(4)14-20-35/h8-30H,6-7H2,1-4H3,(H,47,48)/b9-8+,41-10-. The molecule has 5 aromatic carbocycles. The lowest BCUT2D eigenvalue weighted by Gasteiger charge is -2.29. The molecular weight excluding hydrogens is 592 g/mol. The van der Waals surface area contributed by atoms with Gasteiger partial charge < -0.3 is 19.8 Å². The minimum absolute atomic E-state index is 0.325. The Kier molecular flexibility index (Phi) is 10.7. The Hall–Kier alpha value is -6.06. The number of carbonyl (C=O) groups is 1. The molecule has 0 saturated heterocycles. The molecule has 6 nitrogen and oxygen atoms in total. The summed E-state index contributed by atoms with van der Waals surface area (Å²) in [6, 6.07) is 42.5. The van der Waals surface area contributed by atoms with E-state index in [9.17, 15) is 4.79 Å². The molecule has 0 bridgehead atoms. The summed E-state index contributed by atoms with van der Waals surface area (Å²) in [6.07, 6.45) is 4.69. The number of aliphatic carboxylic acids is 1. The van der Waals surface area contributed by atoms with Crippen molar-refractivity contribution in [1.82, 2.24) is 0 Å². The molecule has 0 heterocycles. The molecule has 0 fully saturated rings. The Bertz CT molecular complexity index is 1820. The van der Waals surface area contributed by atoms with Crippen molar-refractivity contribution in [2.45, 2.75) is 27.7 Å². The number of benzene rings is 5. The summed E-state index contributed by atoms with van der Waals surface area (Å²) >= 11 is 0. The van der Waals surface area contributed by atoms with Gasteiger partial charge >= 0.3 is 5.97 Å². The Labute approximate surface area is 283 Å². The van der Waals surface area contributed by atoms with Gasteiger partial charge in [-0.05, 0) is 124 Å². The van der Waals surface area contributed by atoms with Crippen molar-refractivity contribution in [1.29, 1.82) is 0 Å². The highest BCUT2D eigenvalue weighted by Gasteiger charge is 2.16. The van der Waals surface area contributed by atoms with Crippen molar-refractivity contribution in [2.24, 2.45) is 0 Å². The third-order valence-electron chi connectivity index (χ3n) is 8.20. The summed E-state index contributed by atoms with van der Waals surface area (Å²) in [5.74, 6) is -1.24. The van der Waals surface area contributed by atoms with Crippen LogP contribution in [0.5, 0.6) is 0 Å². The highest BCUT2D eigenvalue weighted by molar-refractivity contribution is 5.89. The van der Waals surface area contributed by atoms with Gasteiger partial charge in [0.25, 0.3) is 5.70 Å². The molecule has 5 rings (SSSR count). The van der Waals surface area contributed by atoms with E-state index in [1.54, 1.807) is 12.2 Å². The summed E-state index contributed by atoms with van der Waals surface area (Å²) in [5, 5.41) is 9.12. The quantitative estimate of drug-likeness (QED) is 0.0842. The fraction of sp³-hybridized carbons (Fsp3) is 0.143. The normalized spacial score (nSPS) is 11.3. The Balaban J connectivity index is 1.49. The topological polar surface area (TPSA) is 51.4 Å². The van der Waals surface area contributed by atoms with Gasteiger partial charge in [-0.25, -0.2) is 4.85 Å². The molecule has 0 radical (unpaired) electrons. The van der Waals surface area contributed by atoms with E-state index in [1.165, 1.54) is 17.2 Å². The molecule has 0 aromatic heterocycles. The van der Waals surface area contributed by atoms with Gasteiger partial charge in [0, 0.05) is 52.9 Å². The van der Waals surface area contributed by atoms with Crippen molar-refractivity contribution in [3.63, 3.8) is 0 Å². The van der Waals surface area contributed by atoms with Crippen molar-refractivity contribution in [3.8, 4) is 0 Å². The van der Waals surface area contributed by atoms with Gasteiger partial charge in [0.15, 0.2) is 0 Å². The maximum Gasteiger partial charge on any atom is 0.333 e. The Morgan fingerprint density at radius 2 is 0.938 bits per heavy atom. The molecule has 0 saturated carbocycles. The number of carboxylic acids is 1. The first-order valence-electron chi connectivity index (χ1n) is 16.1. The second kappa shape index (κ2) is 15.5. The Morgan fingerprint density at radius 1 is 0.604 bits per heavy atom. The minimum Gasteiger partial charge on any atom is -0.486 e. The highest BCUT2D eigenvalue weighted by atomic mass is 16.4. The average molecular weight is 633 g/mol. The SMILES string of the molecule is [C-]#[N+]/C(=C\C=C\c1ccc(N(c2ccc(N(CC)c3ccc(C)cc3)cc2)c2ccc(N(CC)c3ccc(C)cc3)cc2)cc1)C(=O)O. The van der Waals surface area contributed by atoms with E-state index in [-0.39, 0.29) is 5.70 Å². The average Bonchev–Trinajstić information content (AvgIpc) is 3.11. The summed E-state index contributed by atoms with van der Waals surface area (Å²) in [4.78, 5) is 21.0. The maximum absolute atomic E-state index is 11.2. The van der Waals surface area contributed by atoms with Gasteiger partial charge in [0.05, 0.1) is 6.57 Å². The van der Waals surface area contributed by atoms with Crippen LogP contribution in [-0.4, -0.2) is 24.2 Å². The molecule has 0 unspecified atom stereocenters. The number of allylic oxidation sites excluding steroid dienone is 2. The summed E-state index contributed by atoms with van der Waals surface area (Å²) in [7, 11) is 0. The van der Waals surface area contributed by atoms with E-state index in [0.29, 0.717) is 0 Å². The van der Waals surface area contributed by atoms with Crippen LogP contribution in [0.25, 0.3) is 10.9 Å². The number of hydrogen-bond acceptors (Lipinski definition) is 4. The number of aryl methyl sites for hydroxylation is 2. The second-order valence-corrected chi connectivity index (χ2v) is 11.4. The lowest BCUT2D eigenvalue weighted by molar-refractivity contribution is -0.132. The monoisotopic (exact) mass is 632 g/mol. The second-order valence-electron chi connectivity index (χ2n) is 11.4. The third-order valence-corrected chi connectivity index (χ3v) is 8.20. The van der Waals surface area contributed by atoms with Gasteiger partial charge in [-0.1, -0.05) is 59.7 Å². The first kappa shape index (κ1) is 33.3. The van der Waals surface area contributed by atoms with Crippen LogP contribution in [0.3, 0.4) is 0 Å². The molecule has 5 aromatic rings.